The van der Waals surface area contributed by atoms with Gasteiger partial charge in [-0.15, -0.1) is 0 Å². The molecular weight excluding hydrogens is 258 g/mol. The molecule has 0 saturated carbocycles. The fourth-order valence-electron chi connectivity index (χ4n) is 1.83. The molecule has 1 aromatic heterocycles. The Morgan fingerprint density at radius 3 is 2.85 bits per heavy atom. The van der Waals surface area contributed by atoms with Crippen LogP contribution in [0.5, 0.6) is 11.5 Å². The lowest BCUT2D eigenvalue weighted by molar-refractivity contribution is 0.409. The first kappa shape index (κ1) is 14.1. The fourth-order valence-corrected chi connectivity index (χ4v) is 1.83. The van der Waals surface area contributed by atoms with Gasteiger partial charge in [0, 0.05) is 12.6 Å². The lowest BCUT2D eigenvalue weighted by atomic mass is 10.3. The Kier molecular flexibility index (Phi) is 4.37. The molecule has 1 aromatic carbocycles. The molecule has 1 heterocycles. The van der Waals surface area contributed by atoms with Crippen molar-refractivity contribution in [2.75, 3.05) is 13.7 Å². The average Bonchev–Trinajstić information content (AvgIpc) is 2.46. The van der Waals surface area contributed by atoms with Gasteiger partial charge in [-0.3, -0.25) is 4.79 Å². The lowest BCUT2D eigenvalue weighted by Crippen LogP contribution is -2.24. The molecule has 0 aliphatic carbocycles. The van der Waals surface area contributed by atoms with Crippen molar-refractivity contribution < 1.29 is 9.84 Å². The molecule has 0 aliphatic heterocycles. The van der Waals surface area contributed by atoms with Crippen molar-refractivity contribution in [2.45, 2.75) is 13.5 Å². The molecule has 0 saturated heterocycles. The second kappa shape index (κ2) is 6.21. The summed E-state index contributed by atoms with van der Waals surface area (Å²) in [6.07, 6.45) is 0. The predicted octanol–water partition coefficient (Wildman–Crippen LogP) is 1.06. The van der Waals surface area contributed by atoms with Crippen LogP contribution in [0.3, 0.4) is 0 Å². The molecule has 0 bridgehead atoms. The smallest absolute Gasteiger partial charge is 0.275 e. The Hall–Kier alpha value is -2.34. The number of benzene rings is 1. The van der Waals surface area contributed by atoms with E-state index in [1.807, 2.05) is 13.0 Å². The van der Waals surface area contributed by atoms with Gasteiger partial charge < -0.3 is 15.2 Å². The lowest BCUT2D eigenvalue weighted by Gasteiger charge is -2.11. The van der Waals surface area contributed by atoms with Gasteiger partial charge >= 0.3 is 0 Å². The summed E-state index contributed by atoms with van der Waals surface area (Å²) in [4.78, 5) is 12.0. The molecule has 6 nitrogen and oxygen atoms in total. The third kappa shape index (κ3) is 2.80. The minimum Gasteiger partial charge on any atom is -0.506 e. The van der Waals surface area contributed by atoms with Crippen LogP contribution in [0.1, 0.15) is 12.6 Å². The maximum absolute atomic E-state index is 12.0. The molecule has 2 rings (SSSR count). The van der Waals surface area contributed by atoms with Crippen molar-refractivity contribution in [3.8, 4) is 17.2 Å². The Morgan fingerprint density at radius 2 is 2.15 bits per heavy atom. The second-order valence-electron chi connectivity index (χ2n) is 4.18. The van der Waals surface area contributed by atoms with Crippen molar-refractivity contribution in [2.24, 2.45) is 0 Å². The van der Waals surface area contributed by atoms with E-state index in [0.29, 0.717) is 23.7 Å². The van der Waals surface area contributed by atoms with E-state index >= 15 is 0 Å². The zero-order valence-corrected chi connectivity index (χ0v) is 11.5. The number of rotatable bonds is 5. The van der Waals surface area contributed by atoms with Crippen LogP contribution in [0.4, 0.5) is 0 Å². The number of nitrogens with one attached hydrogen (secondary N) is 1. The first-order valence-electron chi connectivity index (χ1n) is 6.33. The summed E-state index contributed by atoms with van der Waals surface area (Å²) in [7, 11) is 1.53. The van der Waals surface area contributed by atoms with Gasteiger partial charge in [0.25, 0.3) is 5.56 Å². The Morgan fingerprint density at radius 1 is 1.40 bits per heavy atom. The van der Waals surface area contributed by atoms with Gasteiger partial charge in [-0.2, -0.15) is 9.78 Å². The summed E-state index contributed by atoms with van der Waals surface area (Å²) in [5.41, 5.74) is 0.544. The molecule has 20 heavy (non-hydrogen) atoms. The first-order chi connectivity index (χ1) is 9.67. The third-order valence-corrected chi connectivity index (χ3v) is 2.84. The number of ether oxygens (including phenoxy) is 1. The van der Waals surface area contributed by atoms with Crippen molar-refractivity contribution in [1.29, 1.82) is 0 Å². The van der Waals surface area contributed by atoms with Crippen LogP contribution < -0.4 is 15.6 Å². The molecule has 106 valence electrons. The highest BCUT2D eigenvalue weighted by Gasteiger charge is 2.12. The van der Waals surface area contributed by atoms with E-state index in [4.69, 9.17) is 4.74 Å². The highest BCUT2D eigenvalue weighted by Crippen LogP contribution is 2.21. The number of aromatic hydroxyl groups is 1. The summed E-state index contributed by atoms with van der Waals surface area (Å²) < 4.78 is 6.46. The summed E-state index contributed by atoms with van der Waals surface area (Å²) in [5.74, 6) is 0.435. The van der Waals surface area contributed by atoms with Crippen molar-refractivity contribution in [1.82, 2.24) is 15.1 Å². The van der Waals surface area contributed by atoms with Crippen LogP contribution in [0, 0.1) is 0 Å². The highest BCUT2D eigenvalue weighted by atomic mass is 16.5. The number of nitrogens with zero attached hydrogens (tertiary/aromatic N) is 2. The van der Waals surface area contributed by atoms with Gasteiger partial charge in [-0.1, -0.05) is 19.1 Å². The fraction of sp³-hybridized carbons (Fsp3) is 0.286. The van der Waals surface area contributed by atoms with Gasteiger partial charge in [0.1, 0.15) is 22.9 Å². The number of aromatic nitrogens is 2. The van der Waals surface area contributed by atoms with Crippen molar-refractivity contribution in [3.05, 3.63) is 46.4 Å². The van der Waals surface area contributed by atoms with Crippen molar-refractivity contribution in [3.63, 3.8) is 0 Å². The van der Waals surface area contributed by atoms with Gasteiger partial charge in [0.2, 0.25) is 0 Å². The molecule has 0 radical (unpaired) electrons. The number of methoxy groups -OCH3 is 1. The Bertz CT molecular complexity index is 652. The minimum atomic E-state index is -0.410. The second-order valence-corrected chi connectivity index (χ2v) is 4.18. The molecule has 0 aliphatic rings. The largest absolute Gasteiger partial charge is 0.506 e. The van der Waals surface area contributed by atoms with Crippen LogP contribution in [0.15, 0.2) is 35.1 Å². The summed E-state index contributed by atoms with van der Waals surface area (Å²) in [6, 6.07) is 8.25. The SMILES string of the molecule is CCNCc1nn(-c2ccccc2OC)c(=O)cc1O. The monoisotopic (exact) mass is 275 g/mol. The van der Waals surface area contributed by atoms with Gasteiger partial charge in [0.15, 0.2) is 0 Å². The minimum absolute atomic E-state index is 0.109. The normalized spacial score (nSPS) is 10.5. The van der Waals surface area contributed by atoms with Gasteiger partial charge in [-0.25, -0.2) is 0 Å². The highest BCUT2D eigenvalue weighted by molar-refractivity contribution is 5.46. The third-order valence-electron chi connectivity index (χ3n) is 2.84. The zero-order valence-electron chi connectivity index (χ0n) is 11.5. The molecule has 6 heteroatoms. The van der Waals surface area contributed by atoms with Gasteiger partial charge in [0.05, 0.1) is 7.11 Å². The molecule has 2 aromatic rings. The number of hydrogen-bond donors (Lipinski definition) is 2. The van der Waals surface area contributed by atoms with Gasteiger partial charge in [-0.05, 0) is 18.7 Å². The average molecular weight is 275 g/mol. The van der Waals surface area contributed by atoms with E-state index in [9.17, 15) is 9.90 Å². The molecule has 0 atom stereocenters. The molecule has 0 spiro atoms. The molecule has 0 unspecified atom stereocenters. The quantitative estimate of drug-likeness (QED) is 0.853. The maximum atomic E-state index is 12.0. The topological polar surface area (TPSA) is 76.4 Å². The van der Waals surface area contributed by atoms with Crippen LogP contribution >= 0.6 is 0 Å². The van der Waals surface area contributed by atoms with E-state index in [1.165, 1.54) is 11.8 Å². The number of para-hydroxylation sites is 2. The van der Waals surface area contributed by atoms with E-state index in [1.54, 1.807) is 18.2 Å². The molecule has 0 amide bonds. The van der Waals surface area contributed by atoms with E-state index in [-0.39, 0.29) is 5.75 Å². The van der Waals surface area contributed by atoms with Crippen LogP contribution in [0.25, 0.3) is 5.69 Å². The first-order valence-corrected chi connectivity index (χ1v) is 6.33. The predicted molar refractivity (Wildman–Crippen MR) is 75.4 cm³/mol. The van der Waals surface area contributed by atoms with Crippen LogP contribution in [-0.2, 0) is 6.54 Å². The molecular formula is C14H17N3O3. The van der Waals surface area contributed by atoms with Crippen LogP contribution in [0.2, 0.25) is 0 Å². The standard InChI is InChI=1S/C14H17N3O3/c1-3-15-9-10-12(18)8-14(19)17(16-10)11-6-4-5-7-13(11)20-2/h4-8,15,18H,3,9H2,1-2H3. The Labute approximate surface area is 116 Å². The zero-order chi connectivity index (χ0) is 14.5. The molecule has 2 N–H and O–H groups in total. The van der Waals surface area contributed by atoms with E-state index in [2.05, 4.69) is 10.4 Å². The maximum Gasteiger partial charge on any atom is 0.275 e. The van der Waals surface area contributed by atoms with Crippen molar-refractivity contribution >= 4 is 0 Å². The van der Waals surface area contributed by atoms with E-state index < -0.39 is 5.56 Å². The summed E-state index contributed by atoms with van der Waals surface area (Å²) in [5, 5.41) is 17.0. The van der Waals surface area contributed by atoms with Crippen LogP contribution in [-0.4, -0.2) is 28.5 Å². The Balaban J connectivity index is 2.53. The summed E-state index contributed by atoms with van der Waals surface area (Å²) >= 11 is 0. The van der Waals surface area contributed by atoms with E-state index in [0.717, 1.165) is 12.6 Å². The summed E-state index contributed by atoms with van der Waals surface area (Å²) in [6.45, 7) is 3.08. The number of hydrogen-bond acceptors (Lipinski definition) is 5. The molecule has 0 fully saturated rings.